The van der Waals surface area contributed by atoms with E-state index < -0.39 is 10.2 Å². The molecular weight excluding hydrogens is 552 g/mol. The van der Waals surface area contributed by atoms with E-state index in [9.17, 15) is 0 Å². The summed E-state index contributed by atoms with van der Waals surface area (Å²) in [5, 5.41) is 0. The van der Waals surface area contributed by atoms with Crippen LogP contribution in [0.2, 0.25) is 0 Å². The third-order valence-corrected chi connectivity index (χ3v) is 6.22. The van der Waals surface area contributed by atoms with Gasteiger partial charge in [0.1, 0.15) is 11.5 Å². The van der Waals surface area contributed by atoms with Crippen LogP contribution in [0.25, 0.3) is 40.1 Å². The second-order valence-corrected chi connectivity index (χ2v) is 9.97. The Kier molecular flexibility index (Phi) is 9.04. The fourth-order valence-electron chi connectivity index (χ4n) is 4.39. The molecule has 6 rings (SSSR count). The zero-order chi connectivity index (χ0) is 29.4. The summed E-state index contributed by atoms with van der Waals surface area (Å²) >= 11 is 0. The SMILES string of the molecule is C1=C(c2ccccc2)C=C(c2ccccc2)O/C1=C\c1cc(-c2ccccc2)[o+]c(-c2ccccc2)c1.[O-][Cl+3]([O-])([O-])[O-]. The Bertz CT molecular complexity index is 1650. The van der Waals surface area contributed by atoms with Crippen LogP contribution >= 0.6 is 0 Å². The standard InChI is InChI=1S/C35H25O2.ClHO4/c1-5-13-27(14-6-1)31-24-32(36-35(25-31)30-19-11-4-12-20-30)21-26-22-33(28-15-7-2-8-16-28)37-34(23-26)29-17-9-3-10-18-29;2-1(3,4)5/h1-25H;(H,2,3,4,5)/q+1;/p-1. The maximum absolute atomic E-state index is 8.49. The number of ether oxygens (including phenoxy) is 1. The van der Waals surface area contributed by atoms with Crippen molar-refractivity contribution in [3.05, 3.63) is 168 Å². The highest BCUT2D eigenvalue weighted by molar-refractivity contribution is 5.86. The van der Waals surface area contributed by atoms with Crippen molar-refractivity contribution in [1.82, 2.24) is 0 Å². The molecule has 1 aliphatic heterocycles. The van der Waals surface area contributed by atoms with Crippen molar-refractivity contribution in [2.24, 2.45) is 0 Å². The van der Waals surface area contributed by atoms with E-state index in [2.05, 4.69) is 91.0 Å². The molecule has 4 aromatic carbocycles. The number of benzene rings is 4. The van der Waals surface area contributed by atoms with E-state index in [1.54, 1.807) is 0 Å². The van der Waals surface area contributed by atoms with Gasteiger partial charge >= 0.3 is 11.5 Å². The van der Waals surface area contributed by atoms with Crippen molar-refractivity contribution >= 4 is 17.4 Å². The Morgan fingerprint density at radius 2 is 0.929 bits per heavy atom. The van der Waals surface area contributed by atoms with Crippen molar-refractivity contribution in [1.29, 1.82) is 0 Å². The van der Waals surface area contributed by atoms with Crippen LogP contribution in [0.3, 0.4) is 0 Å². The van der Waals surface area contributed by atoms with E-state index in [4.69, 9.17) is 27.8 Å². The predicted molar refractivity (Wildman–Crippen MR) is 152 cm³/mol. The van der Waals surface area contributed by atoms with Crippen LogP contribution in [-0.2, 0) is 4.74 Å². The minimum atomic E-state index is -4.94. The van der Waals surface area contributed by atoms with E-state index in [-0.39, 0.29) is 0 Å². The van der Waals surface area contributed by atoms with Crippen LogP contribution in [0, 0.1) is 10.2 Å². The Morgan fingerprint density at radius 3 is 1.38 bits per heavy atom. The first-order valence-corrected chi connectivity index (χ1v) is 14.2. The molecule has 0 saturated carbocycles. The van der Waals surface area contributed by atoms with E-state index >= 15 is 0 Å². The Balaban J connectivity index is 0.000000652. The molecule has 2 heterocycles. The van der Waals surface area contributed by atoms with Crippen molar-refractivity contribution < 1.29 is 38.0 Å². The number of halogens is 1. The lowest BCUT2D eigenvalue weighted by Gasteiger charge is -2.18. The molecule has 1 aromatic heterocycles. The lowest BCUT2D eigenvalue weighted by atomic mass is 10.00. The molecule has 0 N–H and O–H groups in total. The molecule has 0 amide bonds. The second-order valence-electron chi connectivity index (χ2n) is 9.22. The lowest BCUT2D eigenvalue weighted by molar-refractivity contribution is -2.00. The van der Waals surface area contributed by atoms with Gasteiger partial charge < -0.3 is 4.74 Å². The third kappa shape index (κ3) is 8.11. The zero-order valence-corrected chi connectivity index (χ0v) is 23.0. The van der Waals surface area contributed by atoms with Crippen LogP contribution in [0.1, 0.15) is 16.7 Å². The summed E-state index contributed by atoms with van der Waals surface area (Å²) < 4.78 is 46.8. The molecule has 0 spiro atoms. The summed E-state index contributed by atoms with van der Waals surface area (Å²) in [6.45, 7) is 0. The lowest BCUT2D eigenvalue weighted by Crippen LogP contribution is -2.68. The minimum Gasteiger partial charge on any atom is -0.457 e. The van der Waals surface area contributed by atoms with Gasteiger partial charge in [0, 0.05) is 5.56 Å². The van der Waals surface area contributed by atoms with Crippen LogP contribution in [0.15, 0.2) is 156 Å². The largest absolute Gasteiger partial charge is 0.457 e. The van der Waals surface area contributed by atoms with Gasteiger partial charge in [-0.05, 0) is 59.2 Å². The Morgan fingerprint density at radius 1 is 0.524 bits per heavy atom. The van der Waals surface area contributed by atoms with Crippen LogP contribution in [0.5, 0.6) is 0 Å². The molecule has 5 aromatic rings. The van der Waals surface area contributed by atoms with Gasteiger partial charge in [0.15, 0.2) is 0 Å². The highest BCUT2D eigenvalue weighted by Crippen LogP contribution is 2.34. The molecular formula is C35H25ClO6. The van der Waals surface area contributed by atoms with E-state index in [1.807, 2.05) is 60.7 Å². The summed E-state index contributed by atoms with van der Waals surface area (Å²) in [6.07, 6.45) is 6.27. The minimum absolute atomic E-state index is 0.768. The van der Waals surface area contributed by atoms with E-state index in [0.29, 0.717) is 0 Å². The summed E-state index contributed by atoms with van der Waals surface area (Å²) in [4.78, 5) is 0. The smallest absolute Gasteiger partial charge is 0.361 e. The molecule has 0 unspecified atom stereocenters. The number of hydrogen-bond acceptors (Lipinski definition) is 5. The topological polar surface area (TPSA) is 113 Å². The van der Waals surface area contributed by atoms with Gasteiger partial charge in [0.05, 0.1) is 23.3 Å². The average molecular weight is 577 g/mol. The van der Waals surface area contributed by atoms with Crippen molar-refractivity contribution in [3.63, 3.8) is 0 Å². The number of allylic oxidation sites excluding steroid dienone is 3. The first-order valence-electron chi connectivity index (χ1n) is 13.0. The Hall–Kier alpha value is -4.82. The predicted octanol–water partition coefficient (Wildman–Crippen LogP) is 4.63. The van der Waals surface area contributed by atoms with Crippen molar-refractivity contribution in [2.45, 2.75) is 0 Å². The first kappa shape index (κ1) is 28.7. The fraction of sp³-hybridized carbons (Fsp3) is 0. The maximum atomic E-state index is 8.49. The second kappa shape index (κ2) is 13.2. The first-order chi connectivity index (χ1) is 20.3. The van der Waals surface area contributed by atoms with Crippen LogP contribution in [-0.4, -0.2) is 0 Å². The van der Waals surface area contributed by atoms with Gasteiger partial charge in [0.2, 0.25) is 0 Å². The van der Waals surface area contributed by atoms with Crippen molar-refractivity contribution in [2.75, 3.05) is 0 Å². The van der Waals surface area contributed by atoms with E-state index in [0.717, 1.165) is 56.4 Å². The molecule has 208 valence electrons. The van der Waals surface area contributed by atoms with Crippen molar-refractivity contribution in [3.8, 4) is 22.6 Å². The van der Waals surface area contributed by atoms with Gasteiger partial charge in [-0.15, -0.1) is 10.2 Å². The zero-order valence-electron chi connectivity index (χ0n) is 22.3. The van der Waals surface area contributed by atoms with Gasteiger partial charge in [-0.25, -0.2) is 23.1 Å². The summed E-state index contributed by atoms with van der Waals surface area (Å²) in [5.74, 6) is 3.19. The summed E-state index contributed by atoms with van der Waals surface area (Å²) in [7, 11) is -4.94. The average Bonchev–Trinajstić information content (AvgIpc) is 3.02. The molecule has 0 bridgehead atoms. The molecule has 42 heavy (non-hydrogen) atoms. The van der Waals surface area contributed by atoms with Gasteiger partial charge in [-0.2, -0.15) is 0 Å². The fourth-order valence-corrected chi connectivity index (χ4v) is 4.39. The van der Waals surface area contributed by atoms with E-state index in [1.165, 1.54) is 0 Å². The number of hydrogen-bond donors (Lipinski definition) is 0. The summed E-state index contributed by atoms with van der Waals surface area (Å²) in [6, 6.07) is 45.1. The third-order valence-electron chi connectivity index (χ3n) is 6.22. The number of rotatable bonds is 5. The Labute approximate surface area is 245 Å². The van der Waals surface area contributed by atoms with Gasteiger partial charge in [-0.3, -0.25) is 0 Å². The maximum Gasteiger partial charge on any atom is 0.361 e. The molecule has 6 nitrogen and oxygen atoms in total. The van der Waals surface area contributed by atoms with Crippen LogP contribution in [0.4, 0.5) is 0 Å². The molecule has 1 aliphatic rings. The normalized spacial score (nSPS) is 13.8. The molecule has 0 aliphatic carbocycles. The van der Waals surface area contributed by atoms with Gasteiger partial charge in [-0.1, -0.05) is 97.1 Å². The monoisotopic (exact) mass is 576 g/mol. The highest BCUT2D eigenvalue weighted by atomic mass is 35.7. The molecule has 7 heteroatoms. The molecule has 0 atom stereocenters. The van der Waals surface area contributed by atoms with Crippen LogP contribution < -0.4 is 18.6 Å². The van der Waals surface area contributed by atoms with Gasteiger partial charge in [0.25, 0.3) is 0 Å². The molecule has 0 fully saturated rings. The quantitative estimate of drug-likeness (QED) is 0.282. The highest BCUT2D eigenvalue weighted by Gasteiger charge is 2.20. The molecule has 0 saturated heterocycles. The molecule has 0 radical (unpaired) electrons. The summed E-state index contributed by atoms with van der Waals surface area (Å²) in [5.41, 5.74) is 6.32.